The van der Waals surface area contributed by atoms with Crippen LogP contribution in [0, 0.1) is 0 Å². The topological polar surface area (TPSA) is 3.24 Å². The summed E-state index contributed by atoms with van der Waals surface area (Å²) in [6, 6.07) is 0. The highest BCUT2D eigenvalue weighted by Gasteiger charge is 1.95. The van der Waals surface area contributed by atoms with Crippen molar-refractivity contribution in [3.05, 3.63) is 0 Å². The van der Waals surface area contributed by atoms with Crippen LogP contribution >= 0.6 is 0 Å². The maximum Gasteiger partial charge on any atom is -0.00248 e. The van der Waals surface area contributed by atoms with Crippen LogP contribution in [0.1, 0.15) is 110 Å². The summed E-state index contributed by atoms with van der Waals surface area (Å²) in [4.78, 5) is 2.30. The number of rotatable bonds is 17. The van der Waals surface area contributed by atoms with Crippen molar-refractivity contribution in [1.82, 2.24) is 4.90 Å². The van der Waals surface area contributed by atoms with Gasteiger partial charge in [0.2, 0.25) is 0 Å². The first-order valence-corrected chi connectivity index (χ1v) is 9.92. The van der Waals surface area contributed by atoms with Crippen LogP contribution < -0.4 is 12.4 Å². The highest BCUT2D eigenvalue weighted by Crippen LogP contribution is 2.13. The quantitative estimate of drug-likeness (QED) is 0.366. The zero-order chi connectivity index (χ0) is 15.6. The van der Waals surface area contributed by atoms with Gasteiger partial charge in [-0.1, -0.05) is 103 Å². The van der Waals surface area contributed by atoms with Crippen LogP contribution in [-0.2, 0) is 0 Å². The summed E-state index contributed by atoms with van der Waals surface area (Å²) in [5.74, 6) is 0. The zero-order valence-electron chi connectivity index (χ0n) is 15.8. The van der Waals surface area contributed by atoms with Gasteiger partial charge in [-0.3, -0.25) is 0 Å². The van der Waals surface area contributed by atoms with Gasteiger partial charge < -0.3 is 17.3 Å². The largest absolute Gasteiger partial charge is 1.00 e. The van der Waals surface area contributed by atoms with Crippen molar-refractivity contribution in [2.75, 3.05) is 20.6 Å². The molecule has 0 N–H and O–H groups in total. The Morgan fingerprint density at radius 1 is 0.455 bits per heavy atom. The Morgan fingerprint density at radius 3 is 1.00 bits per heavy atom. The van der Waals surface area contributed by atoms with E-state index in [0.29, 0.717) is 0 Å². The van der Waals surface area contributed by atoms with E-state index in [1.165, 1.54) is 109 Å². The van der Waals surface area contributed by atoms with E-state index < -0.39 is 0 Å². The minimum Gasteiger partial charge on any atom is -1.00 e. The van der Waals surface area contributed by atoms with Gasteiger partial charge in [-0.25, -0.2) is 0 Å². The van der Waals surface area contributed by atoms with Gasteiger partial charge in [-0.2, -0.15) is 0 Å². The summed E-state index contributed by atoms with van der Waals surface area (Å²) in [6.07, 6.45) is 23.3. The van der Waals surface area contributed by atoms with Crippen molar-refractivity contribution < 1.29 is 12.4 Å². The minimum atomic E-state index is 0. The molecule has 0 rings (SSSR count). The van der Waals surface area contributed by atoms with Crippen LogP contribution in [0.25, 0.3) is 0 Å². The Bertz CT molecular complexity index is 183. The molecule has 0 bridgehead atoms. The van der Waals surface area contributed by atoms with Crippen LogP contribution in [0.3, 0.4) is 0 Å². The van der Waals surface area contributed by atoms with E-state index in [0.717, 1.165) is 0 Å². The van der Waals surface area contributed by atoms with Crippen molar-refractivity contribution in [3.63, 3.8) is 0 Å². The molecule has 0 aromatic heterocycles. The number of hydrogen-bond donors (Lipinski definition) is 0. The molecule has 0 saturated carbocycles. The SMILES string of the molecule is CCCCCCCCCCCCCCCCCCN(C)C.[Cl-]. The minimum absolute atomic E-state index is 0. The summed E-state index contributed by atoms with van der Waals surface area (Å²) in [6.45, 7) is 3.56. The lowest BCUT2D eigenvalue weighted by molar-refractivity contribution is -0.00000483. The number of hydrogen-bond acceptors (Lipinski definition) is 1. The van der Waals surface area contributed by atoms with Crippen molar-refractivity contribution >= 4 is 0 Å². The van der Waals surface area contributed by atoms with Crippen LogP contribution in [0.4, 0.5) is 0 Å². The van der Waals surface area contributed by atoms with Gasteiger partial charge in [0.15, 0.2) is 0 Å². The third-order valence-corrected chi connectivity index (χ3v) is 4.46. The van der Waals surface area contributed by atoms with E-state index in [-0.39, 0.29) is 12.4 Å². The molecule has 0 atom stereocenters. The van der Waals surface area contributed by atoms with Crippen LogP contribution in [0.15, 0.2) is 0 Å². The molecule has 22 heavy (non-hydrogen) atoms. The molecule has 0 aromatic carbocycles. The van der Waals surface area contributed by atoms with Gasteiger partial charge in [0.25, 0.3) is 0 Å². The Labute approximate surface area is 148 Å². The van der Waals surface area contributed by atoms with Crippen molar-refractivity contribution in [1.29, 1.82) is 0 Å². The summed E-state index contributed by atoms with van der Waals surface area (Å²) >= 11 is 0. The molecule has 0 aliphatic carbocycles. The number of halogens is 1. The van der Waals surface area contributed by atoms with Crippen molar-refractivity contribution in [2.45, 2.75) is 110 Å². The fourth-order valence-electron chi connectivity index (χ4n) is 2.98. The molecule has 0 unspecified atom stereocenters. The molecule has 0 radical (unpaired) electrons. The molecule has 2 heteroatoms. The second-order valence-corrected chi connectivity index (χ2v) is 7.11. The summed E-state index contributed by atoms with van der Waals surface area (Å²) in [5.41, 5.74) is 0. The van der Waals surface area contributed by atoms with Crippen LogP contribution in [0.5, 0.6) is 0 Å². The molecule has 0 fully saturated rings. The molecule has 0 saturated heterocycles. The fourth-order valence-corrected chi connectivity index (χ4v) is 2.98. The van der Waals surface area contributed by atoms with Crippen LogP contribution in [0.2, 0.25) is 0 Å². The van der Waals surface area contributed by atoms with Crippen LogP contribution in [-0.4, -0.2) is 25.5 Å². The Balaban J connectivity index is 0. The molecular formula is C20H43ClN-. The van der Waals surface area contributed by atoms with Gasteiger partial charge in [0.05, 0.1) is 0 Å². The predicted octanol–water partition coefficient (Wildman–Crippen LogP) is 3.81. The lowest BCUT2D eigenvalue weighted by Gasteiger charge is -2.08. The second kappa shape index (κ2) is 21.2. The first kappa shape index (κ1) is 24.5. The molecule has 136 valence electrons. The normalized spacial score (nSPS) is 10.9. The Hall–Kier alpha value is 0.250. The highest BCUT2D eigenvalue weighted by atomic mass is 35.5. The lowest BCUT2D eigenvalue weighted by Crippen LogP contribution is -3.00. The van der Waals surface area contributed by atoms with Gasteiger partial charge in [0, 0.05) is 0 Å². The van der Waals surface area contributed by atoms with Gasteiger partial charge in [-0.05, 0) is 27.1 Å². The maximum atomic E-state index is 2.30. The highest BCUT2D eigenvalue weighted by molar-refractivity contribution is 4.50. The average molecular weight is 333 g/mol. The average Bonchev–Trinajstić information content (AvgIpc) is 2.46. The molecule has 0 aliphatic heterocycles. The smallest absolute Gasteiger partial charge is 0.00248 e. The van der Waals surface area contributed by atoms with Gasteiger partial charge in [0.1, 0.15) is 0 Å². The monoisotopic (exact) mass is 332 g/mol. The second-order valence-electron chi connectivity index (χ2n) is 7.11. The van der Waals surface area contributed by atoms with E-state index in [1.54, 1.807) is 0 Å². The third-order valence-electron chi connectivity index (χ3n) is 4.46. The fraction of sp³-hybridized carbons (Fsp3) is 1.00. The molecule has 0 amide bonds. The third kappa shape index (κ3) is 22.5. The molecule has 0 heterocycles. The zero-order valence-corrected chi connectivity index (χ0v) is 16.6. The van der Waals surface area contributed by atoms with E-state index in [9.17, 15) is 0 Å². The first-order chi connectivity index (χ1) is 10.3. The molecule has 0 aliphatic rings. The van der Waals surface area contributed by atoms with E-state index in [1.807, 2.05) is 0 Å². The molecule has 0 spiro atoms. The van der Waals surface area contributed by atoms with Gasteiger partial charge >= 0.3 is 0 Å². The number of nitrogens with zero attached hydrogens (tertiary/aromatic N) is 1. The maximum absolute atomic E-state index is 2.30. The molecular weight excluding hydrogens is 290 g/mol. The Morgan fingerprint density at radius 2 is 0.727 bits per heavy atom. The van der Waals surface area contributed by atoms with E-state index >= 15 is 0 Å². The predicted molar refractivity (Wildman–Crippen MR) is 98.1 cm³/mol. The number of unbranched alkanes of at least 4 members (excludes halogenated alkanes) is 15. The summed E-state index contributed by atoms with van der Waals surface area (Å²) in [5, 5.41) is 0. The molecule has 1 nitrogen and oxygen atoms in total. The summed E-state index contributed by atoms with van der Waals surface area (Å²) < 4.78 is 0. The van der Waals surface area contributed by atoms with E-state index in [4.69, 9.17) is 0 Å². The Kier molecular flexibility index (Phi) is 23.7. The summed E-state index contributed by atoms with van der Waals surface area (Å²) in [7, 11) is 4.34. The lowest BCUT2D eigenvalue weighted by atomic mass is 10.0. The van der Waals surface area contributed by atoms with E-state index in [2.05, 4.69) is 25.9 Å². The van der Waals surface area contributed by atoms with Crippen molar-refractivity contribution in [3.8, 4) is 0 Å². The molecule has 0 aromatic rings. The standard InChI is InChI=1S/C20H43N.ClH/c1-4-5-6-7-8-9-10-11-12-13-14-15-16-17-18-19-20-21(2)3;/h4-20H2,1-3H3;1H/p-1. The van der Waals surface area contributed by atoms with Gasteiger partial charge in [-0.15, -0.1) is 0 Å². The van der Waals surface area contributed by atoms with Crippen molar-refractivity contribution in [2.24, 2.45) is 0 Å². The first-order valence-electron chi connectivity index (χ1n) is 9.92.